The molecule has 3 heteroatoms. The minimum atomic E-state index is 0.240. The van der Waals surface area contributed by atoms with Crippen LogP contribution in [0.1, 0.15) is 26.2 Å². The monoisotopic (exact) mass is 172 g/mol. The molecular formula is C9H20N2O. The third-order valence-electron chi connectivity index (χ3n) is 2.37. The van der Waals surface area contributed by atoms with E-state index in [1.807, 2.05) is 6.92 Å². The number of aliphatic hydroxyl groups excluding tert-OH is 1. The molecule has 72 valence electrons. The second kappa shape index (κ2) is 5.51. The van der Waals surface area contributed by atoms with E-state index < -0.39 is 0 Å². The molecule has 1 heterocycles. The van der Waals surface area contributed by atoms with E-state index in [9.17, 15) is 0 Å². The van der Waals surface area contributed by atoms with Gasteiger partial charge in [-0.1, -0.05) is 0 Å². The molecule has 0 aromatic heterocycles. The van der Waals surface area contributed by atoms with Crippen molar-refractivity contribution >= 4 is 0 Å². The minimum Gasteiger partial charge on any atom is -0.395 e. The van der Waals surface area contributed by atoms with Crippen molar-refractivity contribution in [1.29, 1.82) is 0 Å². The summed E-state index contributed by atoms with van der Waals surface area (Å²) in [6.07, 6.45) is 3.66. The van der Waals surface area contributed by atoms with Crippen molar-refractivity contribution in [3.05, 3.63) is 0 Å². The number of hydrogen-bond acceptors (Lipinski definition) is 3. The summed E-state index contributed by atoms with van der Waals surface area (Å²) < 4.78 is 0. The molecule has 0 aromatic carbocycles. The number of hydrogen-bond donors (Lipinski definition) is 3. The normalized spacial score (nSPS) is 28.0. The average molecular weight is 172 g/mol. The van der Waals surface area contributed by atoms with E-state index in [0.717, 1.165) is 13.1 Å². The van der Waals surface area contributed by atoms with Crippen molar-refractivity contribution < 1.29 is 5.11 Å². The molecule has 1 aliphatic rings. The summed E-state index contributed by atoms with van der Waals surface area (Å²) in [5.74, 6) is 0. The lowest BCUT2D eigenvalue weighted by molar-refractivity contribution is 0.237. The van der Waals surface area contributed by atoms with E-state index >= 15 is 0 Å². The Morgan fingerprint density at radius 2 is 2.33 bits per heavy atom. The van der Waals surface area contributed by atoms with Crippen LogP contribution in [-0.4, -0.2) is 36.9 Å². The summed E-state index contributed by atoms with van der Waals surface area (Å²) in [6, 6.07) is 0.843. The number of nitrogens with one attached hydrogen (secondary N) is 2. The Kier molecular flexibility index (Phi) is 4.58. The molecule has 1 unspecified atom stereocenters. The molecule has 12 heavy (non-hydrogen) atoms. The Bertz CT molecular complexity index is 111. The lowest BCUT2D eigenvalue weighted by Crippen LogP contribution is -2.39. The van der Waals surface area contributed by atoms with Crippen LogP contribution in [0.4, 0.5) is 0 Å². The summed E-state index contributed by atoms with van der Waals surface area (Å²) in [6.45, 7) is 4.52. The van der Waals surface area contributed by atoms with Gasteiger partial charge in [0.1, 0.15) is 0 Å². The van der Waals surface area contributed by atoms with Gasteiger partial charge in [-0.15, -0.1) is 0 Å². The van der Waals surface area contributed by atoms with Gasteiger partial charge in [-0.3, -0.25) is 0 Å². The first-order valence-corrected chi connectivity index (χ1v) is 4.90. The van der Waals surface area contributed by atoms with Gasteiger partial charge >= 0.3 is 0 Å². The van der Waals surface area contributed by atoms with Crippen molar-refractivity contribution in [3.63, 3.8) is 0 Å². The summed E-state index contributed by atoms with van der Waals surface area (Å²) in [4.78, 5) is 0. The zero-order valence-electron chi connectivity index (χ0n) is 7.84. The maximum Gasteiger partial charge on any atom is 0.0582 e. The second-order valence-electron chi connectivity index (χ2n) is 3.63. The molecule has 2 atom stereocenters. The van der Waals surface area contributed by atoms with Crippen LogP contribution in [0.3, 0.4) is 0 Å². The zero-order valence-corrected chi connectivity index (χ0v) is 7.84. The summed E-state index contributed by atoms with van der Waals surface area (Å²) in [5, 5.41) is 15.6. The SMILES string of the molecule is C[C@H](CO)NC1CCCNCC1. The molecular weight excluding hydrogens is 152 g/mol. The highest BCUT2D eigenvalue weighted by molar-refractivity contribution is 4.75. The first-order chi connectivity index (χ1) is 5.83. The first kappa shape index (κ1) is 9.96. The molecule has 3 nitrogen and oxygen atoms in total. The van der Waals surface area contributed by atoms with Gasteiger partial charge in [0, 0.05) is 12.1 Å². The molecule has 1 fully saturated rings. The van der Waals surface area contributed by atoms with E-state index in [-0.39, 0.29) is 12.6 Å². The highest BCUT2D eigenvalue weighted by Gasteiger charge is 2.12. The number of rotatable bonds is 3. The number of aliphatic hydroxyl groups is 1. The van der Waals surface area contributed by atoms with Crippen molar-refractivity contribution in [1.82, 2.24) is 10.6 Å². The maximum absolute atomic E-state index is 8.86. The molecule has 0 aromatic rings. The Morgan fingerprint density at radius 1 is 1.50 bits per heavy atom. The lowest BCUT2D eigenvalue weighted by Gasteiger charge is -2.19. The lowest BCUT2D eigenvalue weighted by atomic mass is 10.1. The fourth-order valence-electron chi connectivity index (χ4n) is 1.64. The fraction of sp³-hybridized carbons (Fsp3) is 1.00. The Labute approximate surface area is 74.5 Å². The van der Waals surface area contributed by atoms with Crippen LogP contribution in [0, 0.1) is 0 Å². The molecule has 0 radical (unpaired) electrons. The summed E-state index contributed by atoms with van der Waals surface area (Å²) >= 11 is 0. The molecule has 0 saturated carbocycles. The fourth-order valence-corrected chi connectivity index (χ4v) is 1.64. The minimum absolute atomic E-state index is 0.240. The van der Waals surface area contributed by atoms with Gasteiger partial charge < -0.3 is 15.7 Å². The highest BCUT2D eigenvalue weighted by atomic mass is 16.3. The van der Waals surface area contributed by atoms with Crippen LogP contribution in [0.5, 0.6) is 0 Å². The van der Waals surface area contributed by atoms with Gasteiger partial charge in [0.05, 0.1) is 6.61 Å². The van der Waals surface area contributed by atoms with Gasteiger partial charge in [-0.05, 0) is 39.3 Å². The molecule has 0 bridgehead atoms. The van der Waals surface area contributed by atoms with Crippen molar-refractivity contribution in [3.8, 4) is 0 Å². The second-order valence-corrected chi connectivity index (χ2v) is 3.63. The van der Waals surface area contributed by atoms with Crippen LogP contribution >= 0.6 is 0 Å². The van der Waals surface area contributed by atoms with Crippen LogP contribution in [0.2, 0.25) is 0 Å². The predicted octanol–water partition coefficient (Wildman–Crippen LogP) is 0.0989. The van der Waals surface area contributed by atoms with Crippen molar-refractivity contribution in [2.45, 2.75) is 38.3 Å². The Balaban J connectivity index is 2.20. The maximum atomic E-state index is 8.86. The molecule has 0 aliphatic carbocycles. The standard InChI is InChI=1S/C9H20N2O/c1-8(7-12)11-9-3-2-5-10-6-4-9/h8-12H,2-7H2,1H3/t8-,9?/m1/s1. The zero-order chi connectivity index (χ0) is 8.81. The topological polar surface area (TPSA) is 44.3 Å². The largest absolute Gasteiger partial charge is 0.395 e. The van der Waals surface area contributed by atoms with Gasteiger partial charge in [0.2, 0.25) is 0 Å². The predicted molar refractivity (Wildman–Crippen MR) is 50.2 cm³/mol. The third-order valence-corrected chi connectivity index (χ3v) is 2.37. The molecule has 1 rings (SSSR count). The van der Waals surface area contributed by atoms with Crippen molar-refractivity contribution in [2.75, 3.05) is 19.7 Å². The van der Waals surface area contributed by atoms with E-state index in [1.165, 1.54) is 19.3 Å². The van der Waals surface area contributed by atoms with Crippen LogP contribution in [0.25, 0.3) is 0 Å². The first-order valence-electron chi connectivity index (χ1n) is 4.90. The van der Waals surface area contributed by atoms with Crippen LogP contribution < -0.4 is 10.6 Å². The molecule has 1 saturated heterocycles. The molecule has 0 amide bonds. The Morgan fingerprint density at radius 3 is 3.08 bits per heavy atom. The molecule has 3 N–H and O–H groups in total. The third kappa shape index (κ3) is 3.52. The van der Waals surface area contributed by atoms with Gasteiger partial charge in [0.15, 0.2) is 0 Å². The van der Waals surface area contributed by atoms with Crippen LogP contribution in [0.15, 0.2) is 0 Å². The van der Waals surface area contributed by atoms with Crippen molar-refractivity contribution in [2.24, 2.45) is 0 Å². The van der Waals surface area contributed by atoms with E-state index in [4.69, 9.17) is 5.11 Å². The molecule has 0 spiro atoms. The van der Waals surface area contributed by atoms with Crippen LogP contribution in [-0.2, 0) is 0 Å². The quantitative estimate of drug-likeness (QED) is 0.565. The molecule has 1 aliphatic heterocycles. The average Bonchev–Trinajstić information content (AvgIpc) is 2.33. The van der Waals surface area contributed by atoms with Gasteiger partial charge in [-0.25, -0.2) is 0 Å². The Hall–Kier alpha value is -0.120. The smallest absolute Gasteiger partial charge is 0.0582 e. The summed E-state index contributed by atoms with van der Waals surface area (Å²) in [5.41, 5.74) is 0. The van der Waals surface area contributed by atoms with Gasteiger partial charge in [0.25, 0.3) is 0 Å². The highest BCUT2D eigenvalue weighted by Crippen LogP contribution is 2.05. The summed E-state index contributed by atoms with van der Waals surface area (Å²) in [7, 11) is 0. The van der Waals surface area contributed by atoms with Gasteiger partial charge in [-0.2, -0.15) is 0 Å². The van der Waals surface area contributed by atoms with E-state index in [1.54, 1.807) is 0 Å². The van der Waals surface area contributed by atoms with E-state index in [2.05, 4.69) is 10.6 Å². The van der Waals surface area contributed by atoms with E-state index in [0.29, 0.717) is 6.04 Å².